The minimum Gasteiger partial charge on any atom is -0.301 e. The van der Waals surface area contributed by atoms with Crippen molar-refractivity contribution in [1.82, 2.24) is 9.80 Å². The highest BCUT2D eigenvalue weighted by Crippen LogP contribution is 2.24. The van der Waals surface area contributed by atoms with Gasteiger partial charge in [0.15, 0.2) is 0 Å². The van der Waals surface area contributed by atoms with Crippen LogP contribution in [-0.2, 0) is 0 Å². The van der Waals surface area contributed by atoms with Gasteiger partial charge in [-0.15, -0.1) is 0 Å². The molecule has 0 aromatic rings. The lowest BCUT2D eigenvalue weighted by Gasteiger charge is -2.41. The molecule has 2 nitrogen and oxygen atoms in total. The van der Waals surface area contributed by atoms with Gasteiger partial charge in [-0.1, -0.05) is 38.7 Å². The molecule has 0 aromatic heterocycles. The Balaban J connectivity index is 2.64. The third-order valence-electron chi connectivity index (χ3n) is 4.96. The van der Waals surface area contributed by atoms with Crippen LogP contribution in [0.1, 0.15) is 47.5 Å². The molecule has 1 heterocycles. The molecular weight excluding hydrogens is 256 g/mol. The van der Waals surface area contributed by atoms with Gasteiger partial charge in [-0.25, -0.2) is 0 Å². The minimum absolute atomic E-state index is 0.504. The van der Waals surface area contributed by atoms with Crippen molar-refractivity contribution < 1.29 is 0 Å². The average Bonchev–Trinajstić information content (AvgIpc) is 2.50. The third kappa shape index (κ3) is 4.82. The van der Waals surface area contributed by atoms with Gasteiger partial charge in [0.1, 0.15) is 0 Å². The zero-order valence-electron chi connectivity index (χ0n) is 14.7. The summed E-state index contributed by atoms with van der Waals surface area (Å²) in [7, 11) is 0. The SMILES string of the molecule is C=C/C=C(C)/C(=C\C)C(C)N1CCC(N(CC)CC)CC1. The summed E-state index contributed by atoms with van der Waals surface area (Å²) in [5, 5.41) is 0. The number of piperidine rings is 1. The lowest BCUT2D eigenvalue weighted by atomic mass is 9.95. The van der Waals surface area contributed by atoms with Crippen molar-refractivity contribution in [3.8, 4) is 0 Å². The maximum Gasteiger partial charge on any atom is 0.0319 e. The van der Waals surface area contributed by atoms with Gasteiger partial charge < -0.3 is 4.90 Å². The van der Waals surface area contributed by atoms with E-state index in [1.54, 1.807) is 0 Å². The number of allylic oxidation sites excluding steroid dienone is 3. The highest BCUT2D eigenvalue weighted by atomic mass is 15.2. The summed E-state index contributed by atoms with van der Waals surface area (Å²) >= 11 is 0. The van der Waals surface area contributed by atoms with Crippen LogP contribution in [0.3, 0.4) is 0 Å². The lowest BCUT2D eigenvalue weighted by molar-refractivity contribution is 0.103. The molecule has 1 atom stereocenters. The predicted molar refractivity (Wildman–Crippen MR) is 94.7 cm³/mol. The first-order valence-electron chi connectivity index (χ1n) is 8.52. The predicted octanol–water partition coefficient (Wildman–Crippen LogP) is 4.26. The number of nitrogens with zero attached hydrogens (tertiary/aromatic N) is 2. The Kier molecular flexibility index (Phi) is 7.98. The fourth-order valence-corrected chi connectivity index (χ4v) is 3.65. The van der Waals surface area contributed by atoms with E-state index in [-0.39, 0.29) is 0 Å². The molecule has 0 aromatic carbocycles. The second-order valence-electron chi connectivity index (χ2n) is 5.99. The Bertz CT molecular complexity index is 369. The summed E-state index contributed by atoms with van der Waals surface area (Å²) in [6, 6.07) is 1.28. The summed E-state index contributed by atoms with van der Waals surface area (Å²) in [6.07, 6.45) is 8.86. The normalized spacial score (nSPS) is 20.9. The van der Waals surface area contributed by atoms with E-state index in [4.69, 9.17) is 0 Å². The highest BCUT2D eigenvalue weighted by Gasteiger charge is 2.26. The van der Waals surface area contributed by atoms with Crippen molar-refractivity contribution in [3.63, 3.8) is 0 Å². The summed E-state index contributed by atoms with van der Waals surface area (Å²) in [6.45, 7) is 19.8. The van der Waals surface area contributed by atoms with Crippen molar-refractivity contribution in [2.24, 2.45) is 0 Å². The van der Waals surface area contributed by atoms with Crippen LogP contribution in [-0.4, -0.2) is 48.1 Å². The fourth-order valence-electron chi connectivity index (χ4n) is 3.65. The molecule has 0 radical (unpaired) electrons. The van der Waals surface area contributed by atoms with Gasteiger partial charge >= 0.3 is 0 Å². The maximum atomic E-state index is 3.81. The van der Waals surface area contributed by atoms with Crippen LogP contribution in [0.25, 0.3) is 0 Å². The van der Waals surface area contributed by atoms with E-state index >= 15 is 0 Å². The average molecular weight is 290 g/mol. The number of likely N-dealkylation sites (tertiary alicyclic amines) is 1. The second kappa shape index (κ2) is 9.22. The van der Waals surface area contributed by atoms with Crippen LogP contribution in [0, 0.1) is 0 Å². The summed E-state index contributed by atoms with van der Waals surface area (Å²) < 4.78 is 0. The molecular formula is C19H34N2. The molecule has 1 saturated heterocycles. The van der Waals surface area contributed by atoms with Crippen molar-refractivity contribution in [2.45, 2.75) is 59.5 Å². The minimum atomic E-state index is 0.504. The first-order chi connectivity index (χ1) is 10.1. The maximum absolute atomic E-state index is 3.81. The number of hydrogen-bond acceptors (Lipinski definition) is 2. The van der Waals surface area contributed by atoms with Gasteiger partial charge in [-0.2, -0.15) is 0 Å². The Morgan fingerprint density at radius 3 is 2.29 bits per heavy atom. The number of hydrogen-bond donors (Lipinski definition) is 0. The van der Waals surface area contributed by atoms with E-state index in [1.807, 2.05) is 6.08 Å². The van der Waals surface area contributed by atoms with Gasteiger partial charge in [-0.05, 0) is 57.8 Å². The quantitative estimate of drug-likeness (QED) is 0.646. The smallest absolute Gasteiger partial charge is 0.0319 e. The Labute approximate surface area is 132 Å². The molecule has 1 aliphatic rings. The van der Waals surface area contributed by atoms with E-state index in [2.05, 4.69) is 63.1 Å². The zero-order chi connectivity index (χ0) is 15.8. The molecule has 0 saturated carbocycles. The van der Waals surface area contributed by atoms with Crippen LogP contribution in [0.2, 0.25) is 0 Å². The molecule has 1 aliphatic heterocycles. The third-order valence-corrected chi connectivity index (χ3v) is 4.96. The zero-order valence-corrected chi connectivity index (χ0v) is 14.7. The highest BCUT2D eigenvalue weighted by molar-refractivity contribution is 5.35. The van der Waals surface area contributed by atoms with Crippen molar-refractivity contribution in [2.75, 3.05) is 26.2 Å². The van der Waals surface area contributed by atoms with Crippen LogP contribution in [0.5, 0.6) is 0 Å². The second-order valence-corrected chi connectivity index (χ2v) is 5.99. The first-order valence-corrected chi connectivity index (χ1v) is 8.52. The van der Waals surface area contributed by atoms with Crippen molar-refractivity contribution in [3.05, 3.63) is 36.0 Å². The van der Waals surface area contributed by atoms with E-state index in [9.17, 15) is 0 Å². The van der Waals surface area contributed by atoms with E-state index in [0.29, 0.717) is 6.04 Å². The molecule has 0 amide bonds. The summed E-state index contributed by atoms with van der Waals surface area (Å²) in [4.78, 5) is 5.25. The molecule has 0 N–H and O–H groups in total. The Hall–Kier alpha value is -0.860. The molecule has 1 unspecified atom stereocenters. The molecule has 2 heteroatoms. The molecule has 1 fully saturated rings. The molecule has 0 aliphatic carbocycles. The summed E-state index contributed by atoms with van der Waals surface area (Å²) in [5.41, 5.74) is 2.78. The monoisotopic (exact) mass is 290 g/mol. The lowest BCUT2D eigenvalue weighted by Crippen LogP contribution is -2.47. The van der Waals surface area contributed by atoms with Crippen molar-refractivity contribution >= 4 is 0 Å². The van der Waals surface area contributed by atoms with E-state index in [0.717, 1.165) is 6.04 Å². The van der Waals surface area contributed by atoms with E-state index < -0.39 is 0 Å². The molecule has 21 heavy (non-hydrogen) atoms. The molecule has 0 spiro atoms. The Morgan fingerprint density at radius 2 is 1.86 bits per heavy atom. The standard InChI is InChI=1S/C19H34N2/c1-7-11-16(5)19(8-2)17(6)21-14-12-18(13-15-21)20(9-3)10-4/h7-8,11,17-18H,1,9-10,12-15H2,2-6H3/b16-11+,19-8+. The molecule has 0 bridgehead atoms. The molecule has 120 valence electrons. The Morgan fingerprint density at radius 1 is 1.29 bits per heavy atom. The topological polar surface area (TPSA) is 6.48 Å². The number of rotatable bonds is 7. The van der Waals surface area contributed by atoms with Gasteiger partial charge in [-0.3, -0.25) is 4.90 Å². The van der Waals surface area contributed by atoms with E-state index in [1.165, 1.54) is 50.2 Å². The van der Waals surface area contributed by atoms with Crippen molar-refractivity contribution in [1.29, 1.82) is 0 Å². The van der Waals surface area contributed by atoms with Crippen LogP contribution in [0.15, 0.2) is 36.0 Å². The van der Waals surface area contributed by atoms with Crippen LogP contribution < -0.4 is 0 Å². The van der Waals surface area contributed by atoms with Gasteiger partial charge in [0.25, 0.3) is 0 Å². The molecule has 1 rings (SSSR count). The van der Waals surface area contributed by atoms with Crippen LogP contribution >= 0.6 is 0 Å². The largest absolute Gasteiger partial charge is 0.301 e. The van der Waals surface area contributed by atoms with Gasteiger partial charge in [0.05, 0.1) is 0 Å². The van der Waals surface area contributed by atoms with Gasteiger partial charge in [0.2, 0.25) is 0 Å². The van der Waals surface area contributed by atoms with Gasteiger partial charge in [0, 0.05) is 25.2 Å². The fraction of sp³-hybridized carbons (Fsp3) is 0.684. The summed E-state index contributed by atoms with van der Waals surface area (Å²) in [5.74, 6) is 0. The van der Waals surface area contributed by atoms with Crippen LogP contribution in [0.4, 0.5) is 0 Å². The first kappa shape index (κ1) is 18.2.